The van der Waals surface area contributed by atoms with Crippen molar-refractivity contribution >= 4 is 6.29 Å². The minimum atomic E-state index is -0.495. The molecule has 94 valence electrons. The molecule has 0 bridgehead atoms. The Morgan fingerprint density at radius 1 is 1.39 bits per heavy atom. The van der Waals surface area contributed by atoms with E-state index in [-0.39, 0.29) is 5.56 Å². The summed E-state index contributed by atoms with van der Waals surface area (Å²) in [7, 11) is 0. The first-order chi connectivity index (χ1) is 8.58. The van der Waals surface area contributed by atoms with E-state index in [0.717, 1.165) is 29.1 Å². The van der Waals surface area contributed by atoms with Crippen LogP contribution in [0.25, 0.3) is 11.1 Å². The molecular weight excluding hydrogens is 231 g/mol. The summed E-state index contributed by atoms with van der Waals surface area (Å²) in [5.41, 5.74) is 3.65. The van der Waals surface area contributed by atoms with Crippen LogP contribution in [0.4, 0.5) is 4.39 Å². The van der Waals surface area contributed by atoms with Gasteiger partial charge in [0.05, 0.1) is 11.3 Å². The molecule has 0 saturated carbocycles. The molecule has 0 radical (unpaired) electrons. The highest BCUT2D eigenvalue weighted by atomic mass is 19.1. The first-order valence-electron chi connectivity index (χ1n) is 5.87. The number of hydrogen-bond acceptors (Lipinski definition) is 2. The number of halogens is 1. The topological polar surface area (TPSA) is 34.9 Å². The summed E-state index contributed by atoms with van der Waals surface area (Å²) in [4.78, 5) is 10.6. The predicted octanol–water partition coefficient (Wildman–Crippen LogP) is 3.14. The number of benzene rings is 1. The normalized spacial score (nSPS) is 10.7. The second-order valence-corrected chi connectivity index (χ2v) is 4.22. The Labute approximate surface area is 105 Å². The van der Waals surface area contributed by atoms with Gasteiger partial charge in [-0.15, -0.1) is 0 Å². The molecule has 1 aromatic carbocycles. The van der Waals surface area contributed by atoms with Crippen LogP contribution >= 0.6 is 0 Å². The maximum atomic E-state index is 13.6. The van der Waals surface area contributed by atoms with Crippen LogP contribution in [0.2, 0.25) is 0 Å². The Balaban J connectivity index is 2.58. The zero-order chi connectivity index (χ0) is 13.3. The third-order valence-corrected chi connectivity index (χ3v) is 3.10. The van der Waals surface area contributed by atoms with E-state index in [2.05, 4.69) is 5.10 Å². The second-order valence-electron chi connectivity index (χ2n) is 4.22. The van der Waals surface area contributed by atoms with Gasteiger partial charge < -0.3 is 0 Å². The van der Waals surface area contributed by atoms with Crippen molar-refractivity contribution in [2.45, 2.75) is 27.3 Å². The van der Waals surface area contributed by atoms with Gasteiger partial charge in [0.15, 0.2) is 6.29 Å². The number of aryl methyl sites for hydroxylation is 2. The fraction of sp³-hybridized carbons (Fsp3) is 0.286. The molecule has 2 rings (SSSR count). The van der Waals surface area contributed by atoms with Gasteiger partial charge in [-0.1, -0.05) is 6.07 Å². The molecule has 3 nitrogen and oxygen atoms in total. The van der Waals surface area contributed by atoms with E-state index in [4.69, 9.17) is 0 Å². The van der Waals surface area contributed by atoms with Crippen molar-refractivity contribution in [1.82, 2.24) is 9.78 Å². The fourth-order valence-electron chi connectivity index (χ4n) is 2.20. The highest BCUT2D eigenvalue weighted by molar-refractivity contribution is 5.78. The van der Waals surface area contributed by atoms with Crippen molar-refractivity contribution in [3.8, 4) is 11.1 Å². The lowest BCUT2D eigenvalue weighted by Gasteiger charge is -2.04. The fourth-order valence-corrected chi connectivity index (χ4v) is 2.20. The number of aldehydes is 1. The third kappa shape index (κ3) is 1.94. The molecule has 0 amide bonds. The first-order valence-corrected chi connectivity index (χ1v) is 5.87. The zero-order valence-corrected chi connectivity index (χ0v) is 10.7. The van der Waals surface area contributed by atoms with Crippen LogP contribution in [0.3, 0.4) is 0 Å². The molecule has 0 fully saturated rings. The molecule has 0 atom stereocenters. The quantitative estimate of drug-likeness (QED) is 0.780. The number of nitrogens with zero attached hydrogens (tertiary/aromatic N) is 2. The molecule has 0 unspecified atom stereocenters. The number of rotatable bonds is 3. The summed E-state index contributed by atoms with van der Waals surface area (Å²) in [6.45, 7) is 6.66. The average molecular weight is 246 g/mol. The van der Waals surface area contributed by atoms with Gasteiger partial charge in [-0.25, -0.2) is 4.39 Å². The highest BCUT2D eigenvalue weighted by Gasteiger charge is 2.14. The zero-order valence-electron chi connectivity index (χ0n) is 10.7. The Bertz CT molecular complexity index is 602. The van der Waals surface area contributed by atoms with Gasteiger partial charge in [0.1, 0.15) is 5.82 Å². The van der Waals surface area contributed by atoms with Gasteiger partial charge in [-0.3, -0.25) is 9.48 Å². The van der Waals surface area contributed by atoms with E-state index in [1.807, 2.05) is 25.5 Å². The monoisotopic (exact) mass is 246 g/mol. The molecule has 18 heavy (non-hydrogen) atoms. The molecule has 0 N–H and O–H groups in total. The molecule has 2 aromatic rings. The maximum absolute atomic E-state index is 13.6. The molecule has 1 aromatic heterocycles. The highest BCUT2D eigenvalue weighted by Crippen LogP contribution is 2.28. The largest absolute Gasteiger partial charge is 0.298 e. The summed E-state index contributed by atoms with van der Waals surface area (Å²) < 4.78 is 15.5. The average Bonchev–Trinajstić information content (AvgIpc) is 2.64. The standard InChI is InChI=1S/C14H15FN2O/c1-4-17-10(3)14(9(2)16-17)11-5-6-12(8-18)13(15)7-11/h5-8H,4H2,1-3H3. The number of aromatic nitrogens is 2. The maximum Gasteiger partial charge on any atom is 0.152 e. The third-order valence-electron chi connectivity index (χ3n) is 3.10. The molecule has 0 aliphatic carbocycles. The lowest BCUT2D eigenvalue weighted by molar-refractivity contribution is 0.112. The van der Waals surface area contributed by atoms with Crippen LogP contribution in [0.5, 0.6) is 0 Å². The summed E-state index contributed by atoms with van der Waals surface area (Å²) in [6.07, 6.45) is 0.522. The van der Waals surface area contributed by atoms with Crippen molar-refractivity contribution in [3.05, 3.63) is 41.0 Å². The van der Waals surface area contributed by atoms with E-state index in [1.54, 1.807) is 6.07 Å². The summed E-state index contributed by atoms with van der Waals surface area (Å²) in [6, 6.07) is 4.64. The SMILES string of the molecule is CCn1nc(C)c(-c2ccc(C=O)c(F)c2)c1C. The van der Waals surface area contributed by atoms with Crippen molar-refractivity contribution in [3.63, 3.8) is 0 Å². The van der Waals surface area contributed by atoms with E-state index in [1.165, 1.54) is 12.1 Å². The van der Waals surface area contributed by atoms with Crippen molar-refractivity contribution in [2.24, 2.45) is 0 Å². The predicted molar refractivity (Wildman–Crippen MR) is 68.2 cm³/mol. The molecule has 1 heterocycles. The van der Waals surface area contributed by atoms with Crippen molar-refractivity contribution in [2.75, 3.05) is 0 Å². The van der Waals surface area contributed by atoms with Gasteiger partial charge in [0, 0.05) is 17.8 Å². The molecule has 0 saturated heterocycles. The Kier molecular flexibility index (Phi) is 3.28. The summed E-state index contributed by atoms with van der Waals surface area (Å²) in [5.74, 6) is -0.495. The second kappa shape index (κ2) is 4.72. The Hall–Kier alpha value is -1.97. The molecule has 4 heteroatoms. The van der Waals surface area contributed by atoms with Crippen LogP contribution in [0, 0.1) is 19.7 Å². The van der Waals surface area contributed by atoms with E-state index in [0.29, 0.717) is 6.29 Å². The minimum Gasteiger partial charge on any atom is -0.298 e. The van der Waals surface area contributed by atoms with Gasteiger partial charge in [0.2, 0.25) is 0 Å². The van der Waals surface area contributed by atoms with Gasteiger partial charge in [0.25, 0.3) is 0 Å². The lowest BCUT2D eigenvalue weighted by Crippen LogP contribution is -1.98. The number of carbonyl (C=O) groups is 1. The summed E-state index contributed by atoms with van der Waals surface area (Å²) in [5, 5.41) is 4.40. The molecular formula is C14H15FN2O. The first kappa shape index (κ1) is 12.5. The van der Waals surface area contributed by atoms with Crippen LogP contribution in [0.1, 0.15) is 28.7 Å². The van der Waals surface area contributed by atoms with Gasteiger partial charge in [-0.2, -0.15) is 5.10 Å². The molecule has 0 spiro atoms. The van der Waals surface area contributed by atoms with Crippen LogP contribution in [-0.2, 0) is 6.54 Å². The van der Waals surface area contributed by atoms with Crippen molar-refractivity contribution < 1.29 is 9.18 Å². The van der Waals surface area contributed by atoms with Crippen LogP contribution < -0.4 is 0 Å². The smallest absolute Gasteiger partial charge is 0.152 e. The molecule has 0 aliphatic heterocycles. The van der Waals surface area contributed by atoms with Crippen molar-refractivity contribution in [1.29, 1.82) is 0 Å². The van der Waals surface area contributed by atoms with Crippen LogP contribution in [-0.4, -0.2) is 16.1 Å². The number of hydrogen-bond donors (Lipinski definition) is 0. The van der Waals surface area contributed by atoms with E-state index < -0.39 is 5.82 Å². The van der Waals surface area contributed by atoms with E-state index in [9.17, 15) is 9.18 Å². The van der Waals surface area contributed by atoms with E-state index >= 15 is 0 Å². The van der Waals surface area contributed by atoms with Crippen LogP contribution in [0.15, 0.2) is 18.2 Å². The van der Waals surface area contributed by atoms with Gasteiger partial charge >= 0.3 is 0 Å². The minimum absolute atomic E-state index is 0.0805. The summed E-state index contributed by atoms with van der Waals surface area (Å²) >= 11 is 0. The number of carbonyl (C=O) groups excluding carboxylic acids is 1. The Morgan fingerprint density at radius 2 is 2.11 bits per heavy atom. The molecule has 0 aliphatic rings. The Morgan fingerprint density at radius 3 is 2.61 bits per heavy atom. The lowest BCUT2D eigenvalue weighted by atomic mass is 10.0. The van der Waals surface area contributed by atoms with Gasteiger partial charge in [-0.05, 0) is 38.5 Å².